The third-order valence-corrected chi connectivity index (χ3v) is 6.59. The van der Waals surface area contributed by atoms with Gasteiger partial charge in [-0.2, -0.15) is 0 Å². The monoisotopic (exact) mass is 476 g/mol. The van der Waals surface area contributed by atoms with Crippen LogP contribution in [0.15, 0.2) is 65.2 Å². The number of carbonyl (C=O) groups excluding carboxylic acids is 2. The van der Waals surface area contributed by atoms with E-state index >= 15 is 0 Å². The van der Waals surface area contributed by atoms with Gasteiger partial charge in [-0.25, -0.2) is 4.98 Å². The van der Waals surface area contributed by atoms with Crippen molar-refractivity contribution in [1.29, 1.82) is 0 Å². The van der Waals surface area contributed by atoms with E-state index in [1.807, 2.05) is 74.7 Å². The number of rotatable bonds is 8. The fourth-order valence-electron chi connectivity index (χ4n) is 4.31. The smallest absolute Gasteiger partial charge is 0.294 e. The molecule has 2 heterocycles. The molecule has 1 aromatic heterocycles. The standard InChI is InChI=1S/C27H28N2O4S/c1-16(2)13-23(30)24-25(21-8-6-5-7-19(21)14-33-4)29(27(32)26(24)31)20-11-9-18(10-12-20)22-15-34-17(3)28-22/h5-12,15-16,25,31H,13-14H2,1-4H3. The quantitative estimate of drug-likeness (QED) is 0.446. The summed E-state index contributed by atoms with van der Waals surface area (Å²) in [6, 6.07) is 14.3. The number of ether oxygens (including phenoxy) is 1. The number of Topliss-reactive ketones (excluding diaryl/α,β-unsaturated/α-hetero) is 1. The molecule has 0 saturated carbocycles. The van der Waals surface area contributed by atoms with Gasteiger partial charge >= 0.3 is 0 Å². The summed E-state index contributed by atoms with van der Waals surface area (Å²) in [5.41, 5.74) is 4.15. The summed E-state index contributed by atoms with van der Waals surface area (Å²) in [5, 5.41) is 13.9. The summed E-state index contributed by atoms with van der Waals surface area (Å²) in [7, 11) is 1.60. The van der Waals surface area contributed by atoms with E-state index in [0.717, 1.165) is 27.4 Å². The van der Waals surface area contributed by atoms with Crippen LogP contribution in [-0.2, 0) is 20.9 Å². The van der Waals surface area contributed by atoms with Crippen LogP contribution in [0, 0.1) is 12.8 Å². The number of ketones is 1. The minimum Gasteiger partial charge on any atom is -0.503 e. The van der Waals surface area contributed by atoms with Crippen LogP contribution in [0.25, 0.3) is 11.3 Å². The Kier molecular flexibility index (Phi) is 6.95. The lowest BCUT2D eigenvalue weighted by molar-refractivity contribution is -0.118. The Balaban J connectivity index is 1.81. The minimum atomic E-state index is -0.738. The minimum absolute atomic E-state index is 0.0904. The number of anilines is 1. The summed E-state index contributed by atoms with van der Waals surface area (Å²) < 4.78 is 5.38. The van der Waals surface area contributed by atoms with Gasteiger partial charge in [0.05, 0.1) is 28.9 Å². The number of aromatic nitrogens is 1. The molecule has 176 valence electrons. The molecule has 0 fully saturated rings. The molecular formula is C27H28N2O4S. The molecule has 7 heteroatoms. The van der Waals surface area contributed by atoms with Crippen molar-refractivity contribution >= 4 is 28.7 Å². The van der Waals surface area contributed by atoms with E-state index in [1.54, 1.807) is 18.4 Å². The van der Waals surface area contributed by atoms with Gasteiger partial charge in [-0.1, -0.05) is 50.2 Å². The lowest BCUT2D eigenvalue weighted by atomic mass is 9.89. The summed E-state index contributed by atoms with van der Waals surface area (Å²) in [4.78, 5) is 32.6. The Morgan fingerprint density at radius 2 is 1.88 bits per heavy atom. The number of hydrogen-bond donors (Lipinski definition) is 1. The lowest BCUT2D eigenvalue weighted by Crippen LogP contribution is -2.31. The first-order valence-electron chi connectivity index (χ1n) is 11.2. The van der Waals surface area contributed by atoms with E-state index in [2.05, 4.69) is 4.98 Å². The molecule has 34 heavy (non-hydrogen) atoms. The normalized spacial score (nSPS) is 16.1. The maximum absolute atomic E-state index is 13.3. The maximum Gasteiger partial charge on any atom is 0.294 e. The van der Waals surface area contributed by atoms with Crippen molar-refractivity contribution in [2.24, 2.45) is 5.92 Å². The third kappa shape index (κ3) is 4.54. The third-order valence-electron chi connectivity index (χ3n) is 5.81. The van der Waals surface area contributed by atoms with E-state index in [0.29, 0.717) is 12.3 Å². The molecule has 1 N–H and O–H groups in total. The molecule has 3 aromatic rings. The van der Waals surface area contributed by atoms with Crippen molar-refractivity contribution in [2.45, 2.75) is 39.8 Å². The number of aliphatic hydroxyl groups is 1. The first-order valence-corrected chi connectivity index (χ1v) is 12.1. The van der Waals surface area contributed by atoms with Crippen LogP contribution in [0.2, 0.25) is 0 Å². The predicted octanol–water partition coefficient (Wildman–Crippen LogP) is 5.78. The van der Waals surface area contributed by atoms with Crippen molar-refractivity contribution in [3.05, 3.63) is 81.4 Å². The van der Waals surface area contributed by atoms with Crippen molar-refractivity contribution < 1.29 is 19.4 Å². The Morgan fingerprint density at radius 1 is 1.18 bits per heavy atom. The maximum atomic E-state index is 13.3. The van der Waals surface area contributed by atoms with E-state index in [-0.39, 0.29) is 23.7 Å². The van der Waals surface area contributed by atoms with Gasteiger partial charge in [0.2, 0.25) is 0 Å². The van der Waals surface area contributed by atoms with Gasteiger partial charge in [0.15, 0.2) is 11.5 Å². The summed E-state index contributed by atoms with van der Waals surface area (Å²) in [6.45, 7) is 6.16. The SMILES string of the molecule is COCc1ccccc1C1C(C(=O)CC(C)C)=C(O)C(=O)N1c1ccc(-c2csc(C)n2)cc1. The molecule has 1 aliphatic rings. The highest BCUT2D eigenvalue weighted by molar-refractivity contribution is 7.09. The zero-order chi connectivity index (χ0) is 24.4. The number of aliphatic hydroxyl groups excluding tert-OH is 1. The molecule has 1 unspecified atom stereocenters. The fourth-order valence-corrected chi connectivity index (χ4v) is 4.93. The lowest BCUT2D eigenvalue weighted by Gasteiger charge is -2.28. The number of methoxy groups -OCH3 is 1. The predicted molar refractivity (Wildman–Crippen MR) is 134 cm³/mol. The largest absolute Gasteiger partial charge is 0.503 e. The highest BCUT2D eigenvalue weighted by Gasteiger charge is 2.44. The first kappa shape index (κ1) is 23.9. The van der Waals surface area contributed by atoms with Crippen LogP contribution < -0.4 is 4.90 Å². The van der Waals surface area contributed by atoms with Gasteiger partial charge in [-0.3, -0.25) is 14.5 Å². The summed E-state index contributed by atoms with van der Waals surface area (Å²) in [6.07, 6.45) is 0.242. The van der Waals surface area contributed by atoms with Crippen LogP contribution in [0.3, 0.4) is 0 Å². The molecule has 6 nitrogen and oxygen atoms in total. The Morgan fingerprint density at radius 3 is 2.50 bits per heavy atom. The highest BCUT2D eigenvalue weighted by atomic mass is 32.1. The van der Waals surface area contributed by atoms with Crippen molar-refractivity contribution in [3.63, 3.8) is 0 Å². The molecule has 1 atom stereocenters. The number of amides is 1. The molecule has 0 spiro atoms. The number of aryl methyl sites for hydroxylation is 1. The molecule has 1 amide bonds. The first-order chi connectivity index (χ1) is 16.3. The van der Waals surface area contributed by atoms with Crippen molar-refractivity contribution in [1.82, 2.24) is 4.98 Å². The van der Waals surface area contributed by atoms with Crippen LogP contribution >= 0.6 is 11.3 Å². The van der Waals surface area contributed by atoms with Gasteiger partial charge in [0.25, 0.3) is 5.91 Å². The van der Waals surface area contributed by atoms with Gasteiger partial charge in [0, 0.05) is 30.2 Å². The Labute approximate surface area is 203 Å². The van der Waals surface area contributed by atoms with Gasteiger partial charge in [-0.05, 0) is 36.1 Å². The zero-order valence-electron chi connectivity index (χ0n) is 19.7. The van der Waals surface area contributed by atoms with Crippen LogP contribution in [0.5, 0.6) is 0 Å². The van der Waals surface area contributed by atoms with Gasteiger partial charge in [0.1, 0.15) is 0 Å². The van der Waals surface area contributed by atoms with E-state index in [4.69, 9.17) is 4.74 Å². The van der Waals surface area contributed by atoms with Crippen LogP contribution in [-0.4, -0.2) is 28.9 Å². The number of benzene rings is 2. The van der Waals surface area contributed by atoms with E-state index < -0.39 is 17.7 Å². The molecule has 4 rings (SSSR count). The topological polar surface area (TPSA) is 79.7 Å². The summed E-state index contributed by atoms with van der Waals surface area (Å²) in [5.74, 6) is -1.20. The Hall–Kier alpha value is -3.29. The molecule has 0 saturated heterocycles. The second kappa shape index (κ2) is 9.91. The summed E-state index contributed by atoms with van der Waals surface area (Å²) >= 11 is 1.58. The second-order valence-corrected chi connectivity index (χ2v) is 9.85. The van der Waals surface area contributed by atoms with Gasteiger partial charge in [-0.15, -0.1) is 11.3 Å². The molecule has 1 aliphatic heterocycles. The van der Waals surface area contributed by atoms with Crippen LogP contribution in [0.1, 0.15) is 42.4 Å². The van der Waals surface area contributed by atoms with Crippen LogP contribution in [0.4, 0.5) is 5.69 Å². The molecule has 0 aliphatic carbocycles. The number of carbonyl (C=O) groups is 2. The Bertz CT molecular complexity index is 1240. The fraction of sp³-hybridized carbons (Fsp3) is 0.296. The van der Waals surface area contributed by atoms with Crippen molar-refractivity contribution in [2.75, 3.05) is 12.0 Å². The second-order valence-electron chi connectivity index (χ2n) is 8.79. The number of thiazole rings is 1. The highest BCUT2D eigenvalue weighted by Crippen LogP contribution is 2.43. The van der Waals surface area contributed by atoms with E-state index in [9.17, 15) is 14.7 Å². The average molecular weight is 477 g/mol. The van der Waals surface area contributed by atoms with E-state index in [1.165, 1.54) is 4.90 Å². The van der Waals surface area contributed by atoms with Gasteiger partial charge < -0.3 is 9.84 Å². The number of nitrogens with zero attached hydrogens (tertiary/aromatic N) is 2. The molecule has 0 bridgehead atoms. The molecule has 2 aromatic carbocycles. The van der Waals surface area contributed by atoms with Crippen molar-refractivity contribution in [3.8, 4) is 11.3 Å². The zero-order valence-corrected chi connectivity index (χ0v) is 20.6. The number of hydrogen-bond acceptors (Lipinski definition) is 6. The average Bonchev–Trinajstić information content (AvgIpc) is 3.35. The molecular weight excluding hydrogens is 448 g/mol. The molecule has 0 radical (unpaired) electrons.